The monoisotopic (exact) mass is 511 g/mol. The van der Waals surface area contributed by atoms with Gasteiger partial charge in [-0.3, -0.25) is 14.5 Å². The molecule has 186 valence electrons. The van der Waals surface area contributed by atoms with Crippen LogP contribution in [0.1, 0.15) is 25.1 Å². The minimum atomic E-state index is -4.67. The standard InChI is InChI=1S/C23H21ClF3N3O5/c1-11-9-12(23(25,26)27)10-15(28-11)30-16(18-19(21(30)32)35-22(2,3)34-18)20(31)29-7-8-33-17-13(24)5-4-6-14(17)29/h4-6,9-10,16,18-19H,7-8H2,1-3H3/t16-,18-,19-/m0/s1. The second-order valence-electron chi connectivity index (χ2n) is 8.95. The first-order valence-electron chi connectivity index (χ1n) is 10.8. The number of carbonyl (C=O) groups is 2. The molecule has 12 heteroatoms. The van der Waals surface area contributed by atoms with Crippen molar-refractivity contribution in [1.82, 2.24) is 4.98 Å². The molecule has 8 nitrogen and oxygen atoms in total. The summed E-state index contributed by atoms with van der Waals surface area (Å²) in [5.41, 5.74) is -0.561. The highest BCUT2D eigenvalue weighted by molar-refractivity contribution is 6.32. The smallest absolute Gasteiger partial charge is 0.416 e. The van der Waals surface area contributed by atoms with Crippen molar-refractivity contribution in [1.29, 1.82) is 0 Å². The lowest BCUT2D eigenvalue weighted by Crippen LogP contribution is -2.54. The zero-order valence-electron chi connectivity index (χ0n) is 18.9. The third-order valence-corrected chi connectivity index (χ3v) is 6.33. The van der Waals surface area contributed by atoms with E-state index in [1.807, 2.05) is 0 Å². The number of rotatable bonds is 2. The summed E-state index contributed by atoms with van der Waals surface area (Å²) in [4.78, 5) is 33.9. The lowest BCUT2D eigenvalue weighted by Gasteiger charge is -2.35. The van der Waals surface area contributed by atoms with Crippen LogP contribution in [-0.4, -0.2) is 54.0 Å². The maximum absolute atomic E-state index is 14.0. The van der Waals surface area contributed by atoms with Gasteiger partial charge in [-0.25, -0.2) is 4.98 Å². The predicted molar refractivity (Wildman–Crippen MR) is 118 cm³/mol. The number of carbonyl (C=O) groups excluding carboxylic acids is 2. The van der Waals surface area contributed by atoms with Gasteiger partial charge in [0.15, 0.2) is 17.6 Å². The Hall–Kier alpha value is -2.89. The number of halogens is 4. The van der Waals surface area contributed by atoms with Crippen LogP contribution in [0.3, 0.4) is 0 Å². The van der Waals surface area contributed by atoms with Gasteiger partial charge in [-0.05, 0) is 45.0 Å². The van der Waals surface area contributed by atoms with E-state index in [0.29, 0.717) is 16.5 Å². The number of fused-ring (bicyclic) bond motifs is 2. The van der Waals surface area contributed by atoms with E-state index in [1.54, 1.807) is 32.0 Å². The molecule has 2 amide bonds. The number of ether oxygens (including phenoxy) is 3. The van der Waals surface area contributed by atoms with E-state index in [1.165, 1.54) is 11.8 Å². The Kier molecular flexibility index (Phi) is 5.50. The molecule has 1 aromatic carbocycles. The highest BCUT2D eigenvalue weighted by Crippen LogP contribution is 2.43. The molecule has 35 heavy (non-hydrogen) atoms. The van der Waals surface area contributed by atoms with Crippen LogP contribution >= 0.6 is 11.6 Å². The van der Waals surface area contributed by atoms with E-state index in [-0.39, 0.29) is 24.7 Å². The summed E-state index contributed by atoms with van der Waals surface area (Å²) >= 11 is 6.23. The van der Waals surface area contributed by atoms with Crippen LogP contribution < -0.4 is 14.5 Å². The fourth-order valence-electron chi connectivity index (χ4n) is 4.68. The summed E-state index contributed by atoms with van der Waals surface area (Å²) in [5.74, 6) is -2.45. The Morgan fingerprint density at radius 2 is 1.97 bits per heavy atom. The molecular weight excluding hydrogens is 491 g/mol. The zero-order valence-corrected chi connectivity index (χ0v) is 19.7. The summed E-state index contributed by atoms with van der Waals surface area (Å²) in [7, 11) is 0. The average Bonchev–Trinajstić information content (AvgIpc) is 3.22. The van der Waals surface area contributed by atoms with Gasteiger partial charge in [0, 0.05) is 5.69 Å². The number of aromatic nitrogens is 1. The first kappa shape index (κ1) is 23.8. The SMILES string of the molecule is Cc1cc(C(F)(F)F)cc(N2C(=O)[C@H]3OC(C)(C)O[C@H]3[C@H]2C(=O)N2CCOc3c(Cl)cccc32)n1. The predicted octanol–water partition coefficient (Wildman–Crippen LogP) is 3.72. The molecule has 0 unspecified atom stereocenters. The topological polar surface area (TPSA) is 81.2 Å². The van der Waals surface area contributed by atoms with Crippen LogP contribution in [-0.2, 0) is 25.2 Å². The molecule has 2 fully saturated rings. The normalized spacial score (nSPS) is 25.3. The van der Waals surface area contributed by atoms with E-state index in [4.69, 9.17) is 25.8 Å². The lowest BCUT2D eigenvalue weighted by molar-refractivity contribution is -0.161. The minimum Gasteiger partial charge on any atom is -0.488 e. The quantitative estimate of drug-likeness (QED) is 0.611. The number of para-hydroxylation sites is 1. The zero-order chi connectivity index (χ0) is 25.3. The Bertz CT molecular complexity index is 1220. The third-order valence-electron chi connectivity index (χ3n) is 6.03. The molecule has 0 saturated carbocycles. The van der Waals surface area contributed by atoms with Crippen molar-refractivity contribution in [3.63, 3.8) is 0 Å². The van der Waals surface area contributed by atoms with Gasteiger partial charge in [0.1, 0.15) is 24.6 Å². The first-order chi connectivity index (χ1) is 16.4. The van der Waals surface area contributed by atoms with Gasteiger partial charge in [0.2, 0.25) is 0 Å². The molecule has 4 heterocycles. The number of amides is 2. The van der Waals surface area contributed by atoms with Crippen molar-refractivity contribution in [2.24, 2.45) is 0 Å². The Morgan fingerprint density at radius 1 is 1.23 bits per heavy atom. The lowest BCUT2D eigenvalue weighted by atomic mass is 10.1. The van der Waals surface area contributed by atoms with Gasteiger partial charge in [-0.15, -0.1) is 0 Å². The first-order valence-corrected chi connectivity index (χ1v) is 11.2. The fraction of sp³-hybridized carbons (Fsp3) is 0.435. The van der Waals surface area contributed by atoms with Gasteiger partial charge in [0.05, 0.1) is 22.8 Å². The maximum atomic E-state index is 14.0. The fourth-order valence-corrected chi connectivity index (χ4v) is 4.90. The van der Waals surface area contributed by atoms with Gasteiger partial charge >= 0.3 is 6.18 Å². The largest absolute Gasteiger partial charge is 0.488 e. The Balaban J connectivity index is 1.61. The van der Waals surface area contributed by atoms with E-state index in [2.05, 4.69) is 4.98 Å². The van der Waals surface area contributed by atoms with E-state index in [9.17, 15) is 22.8 Å². The van der Waals surface area contributed by atoms with Crippen molar-refractivity contribution in [2.75, 3.05) is 23.0 Å². The van der Waals surface area contributed by atoms with Gasteiger partial charge < -0.3 is 19.1 Å². The minimum absolute atomic E-state index is 0.0385. The Morgan fingerprint density at radius 3 is 2.69 bits per heavy atom. The second kappa shape index (κ2) is 8.07. The Labute approximate surface area is 203 Å². The van der Waals surface area contributed by atoms with Crippen LogP contribution in [0.4, 0.5) is 24.7 Å². The molecule has 0 radical (unpaired) electrons. The molecule has 3 aliphatic heterocycles. The second-order valence-corrected chi connectivity index (χ2v) is 9.36. The van der Waals surface area contributed by atoms with Crippen molar-refractivity contribution >= 4 is 34.9 Å². The molecular formula is C23H21ClF3N3O5. The van der Waals surface area contributed by atoms with Crippen molar-refractivity contribution in [3.05, 3.63) is 46.6 Å². The van der Waals surface area contributed by atoms with E-state index in [0.717, 1.165) is 17.0 Å². The number of hydrogen-bond donors (Lipinski definition) is 0. The third kappa shape index (κ3) is 4.01. The van der Waals surface area contributed by atoms with Crippen LogP contribution in [0.25, 0.3) is 0 Å². The number of benzene rings is 1. The summed E-state index contributed by atoms with van der Waals surface area (Å²) in [6.45, 7) is 4.86. The van der Waals surface area contributed by atoms with Crippen LogP contribution in [0.5, 0.6) is 5.75 Å². The molecule has 5 rings (SSSR count). The average molecular weight is 512 g/mol. The van der Waals surface area contributed by atoms with E-state index >= 15 is 0 Å². The van der Waals surface area contributed by atoms with Crippen molar-refractivity contribution in [2.45, 2.75) is 51.0 Å². The summed E-state index contributed by atoms with van der Waals surface area (Å²) in [6, 6.07) is 5.20. The van der Waals surface area contributed by atoms with Crippen molar-refractivity contribution < 1.29 is 37.0 Å². The molecule has 2 saturated heterocycles. The molecule has 0 N–H and O–H groups in total. The summed E-state index contributed by atoms with van der Waals surface area (Å²) in [6.07, 6.45) is -6.92. The molecule has 3 atom stereocenters. The van der Waals surface area contributed by atoms with Gasteiger partial charge in [0.25, 0.3) is 11.8 Å². The number of nitrogens with zero attached hydrogens (tertiary/aromatic N) is 3. The van der Waals surface area contributed by atoms with Crippen LogP contribution in [0.2, 0.25) is 5.02 Å². The summed E-state index contributed by atoms with van der Waals surface area (Å²) < 4.78 is 57.9. The maximum Gasteiger partial charge on any atom is 0.416 e. The van der Waals surface area contributed by atoms with Crippen molar-refractivity contribution in [3.8, 4) is 5.75 Å². The molecule has 0 spiro atoms. The number of alkyl halides is 3. The number of aryl methyl sites for hydroxylation is 1. The number of hydrogen-bond acceptors (Lipinski definition) is 6. The van der Waals surface area contributed by atoms with Crippen LogP contribution in [0.15, 0.2) is 30.3 Å². The van der Waals surface area contributed by atoms with Crippen LogP contribution in [0, 0.1) is 6.92 Å². The highest BCUT2D eigenvalue weighted by atomic mass is 35.5. The van der Waals surface area contributed by atoms with Gasteiger partial charge in [-0.2, -0.15) is 13.2 Å². The highest BCUT2D eigenvalue weighted by Gasteiger charge is 2.61. The molecule has 2 aromatic rings. The number of pyridine rings is 1. The molecule has 3 aliphatic rings. The van der Waals surface area contributed by atoms with Gasteiger partial charge in [-0.1, -0.05) is 17.7 Å². The molecule has 1 aromatic heterocycles. The van der Waals surface area contributed by atoms with E-state index < -0.39 is 47.6 Å². The molecule has 0 aliphatic carbocycles. The molecule has 0 bridgehead atoms. The number of anilines is 2. The summed E-state index contributed by atoms with van der Waals surface area (Å²) in [5, 5.41) is 0.300.